The zero-order valence-corrected chi connectivity index (χ0v) is 9.71. The Kier molecular flexibility index (Phi) is 4.24. The molecule has 13 heavy (non-hydrogen) atoms. The average Bonchev–Trinajstić information content (AvgIpc) is 1.99. The van der Waals surface area contributed by atoms with Crippen molar-refractivity contribution in [2.24, 2.45) is 5.92 Å². The lowest BCUT2D eigenvalue weighted by molar-refractivity contribution is 0.0655. The van der Waals surface area contributed by atoms with E-state index in [4.69, 9.17) is 0 Å². The zero-order chi connectivity index (χ0) is 9.84. The van der Waals surface area contributed by atoms with Crippen LogP contribution < -0.4 is 0 Å². The summed E-state index contributed by atoms with van der Waals surface area (Å²) in [5, 5.41) is 0. The van der Waals surface area contributed by atoms with E-state index < -0.39 is 0 Å². The van der Waals surface area contributed by atoms with Gasteiger partial charge in [-0.2, -0.15) is 0 Å². The molecule has 0 saturated heterocycles. The molecule has 1 unspecified atom stereocenters. The van der Waals surface area contributed by atoms with Crippen LogP contribution >= 0.6 is 0 Å². The summed E-state index contributed by atoms with van der Waals surface area (Å²) in [6.45, 7) is 10.7. The first-order valence-electron chi connectivity index (χ1n) is 5.92. The Morgan fingerprint density at radius 1 is 1.23 bits per heavy atom. The summed E-state index contributed by atoms with van der Waals surface area (Å²) in [4.78, 5) is 2.73. The van der Waals surface area contributed by atoms with Gasteiger partial charge in [0.1, 0.15) is 0 Å². The van der Waals surface area contributed by atoms with Gasteiger partial charge in [-0.05, 0) is 38.6 Å². The fourth-order valence-corrected chi connectivity index (χ4v) is 2.08. The van der Waals surface area contributed by atoms with Gasteiger partial charge in [-0.1, -0.05) is 27.2 Å². The van der Waals surface area contributed by atoms with Crippen molar-refractivity contribution in [3.8, 4) is 0 Å². The van der Waals surface area contributed by atoms with Crippen LogP contribution in [0, 0.1) is 5.92 Å². The van der Waals surface area contributed by atoms with Crippen molar-refractivity contribution < 1.29 is 0 Å². The van der Waals surface area contributed by atoms with E-state index in [0.717, 1.165) is 18.0 Å². The lowest BCUT2D eigenvalue weighted by Gasteiger charge is -2.42. The van der Waals surface area contributed by atoms with Crippen LogP contribution in [0.25, 0.3) is 0 Å². The second kappa shape index (κ2) is 4.99. The van der Waals surface area contributed by atoms with Crippen molar-refractivity contribution in [2.45, 2.75) is 65.5 Å². The number of hydrogen-bond acceptors (Lipinski definition) is 1. The Morgan fingerprint density at radius 3 is 2.15 bits per heavy atom. The normalized spacial score (nSPS) is 20.8. The third kappa shape index (κ3) is 2.70. The maximum absolute atomic E-state index is 2.73. The third-order valence-electron chi connectivity index (χ3n) is 3.51. The van der Waals surface area contributed by atoms with Gasteiger partial charge in [0, 0.05) is 12.1 Å². The third-order valence-corrected chi connectivity index (χ3v) is 3.51. The molecule has 0 aromatic heterocycles. The zero-order valence-electron chi connectivity index (χ0n) is 9.71. The van der Waals surface area contributed by atoms with Crippen LogP contribution in [0.15, 0.2) is 0 Å². The van der Waals surface area contributed by atoms with Gasteiger partial charge in [0.05, 0.1) is 0 Å². The summed E-state index contributed by atoms with van der Waals surface area (Å²) < 4.78 is 0. The predicted molar refractivity (Wildman–Crippen MR) is 58.9 cm³/mol. The smallest absolute Gasteiger partial charge is 0.00982 e. The number of nitrogens with zero attached hydrogens (tertiary/aromatic N) is 1. The van der Waals surface area contributed by atoms with Crippen LogP contribution in [0.5, 0.6) is 0 Å². The molecule has 1 fully saturated rings. The molecule has 0 aromatic carbocycles. The summed E-state index contributed by atoms with van der Waals surface area (Å²) >= 11 is 0. The Morgan fingerprint density at radius 2 is 1.85 bits per heavy atom. The Hall–Kier alpha value is -0.0400. The molecule has 0 aliphatic heterocycles. The van der Waals surface area contributed by atoms with Crippen molar-refractivity contribution in [2.75, 3.05) is 6.54 Å². The molecule has 78 valence electrons. The molecule has 1 aliphatic rings. The van der Waals surface area contributed by atoms with Gasteiger partial charge in [0.15, 0.2) is 0 Å². The molecule has 1 atom stereocenters. The summed E-state index contributed by atoms with van der Waals surface area (Å²) in [5.74, 6) is 0.798. The quantitative estimate of drug-likeness (QED) is 0.632. The second-order valence-electron chi connectivity index (χ2n) is 4.81. The molecule has 0 amide bonds. The molecule has 0 heterocycles. The first kappa shape index (κ1) is 11.0. The SMILES string of the molecule is CCCN(C1CCC1)C(C)C(C)C. The maximum atomic E-state index is 2.73. The largest absolute Gasteiger partial charge is 0.297 e. The van der Waals surface area contributed by atoms with Gasteiger partial charge in [-0.25, -0.2) is 0 Å². The standard InChI is InChI=1S/C12H25N/c1-5-9-13(11(4)10(2)3)12-7-6-8-12/h10-12H,5-9H2,1-4H3. The van der Waals surface area contributed by atoms with Crippen LogP contribution in [0.4, 0.5) is 0 Å². The van der Waals surface area contributed by atoms with Crippen LogP contribution in [-0.4, -0.2) is 23.5 Å². The second-order valence-corrected chi connectivity index (χ2v) is 4.81. The molecule has 0 N–H and O–H groups in total. The summed E-state index contributed by atoms with van der Waals surface area (Å²) in [6, 6.07) is 1.68. The Bertz CT molecular complexity index is 138. The van der Waals surface area contributed by atoms with E-state index in [9.17, 15) is 0 Å². The van der Waals surface area contributed by atoms with Crippen molar-refractivity contribution in [1.82, 2.24) is 4.90 Å². The van der Waals surface area contributed by atoms with Crippen molar-refractivity contribution in [1.29, 1.82) is 0 Å². The van der Waals surface area contributed by atoms with Crippen LogP contribution in [-0.2, 0) is 0 Å². The van der Waals surface area contributed by atoms with Crippen molar-refractivity contribution in [3.05, 3.63) is 0 Å². The molecule has 0 radical (unpaired) electrons. The molecule has 1 nitrogen and oxygen atoms in total. The first-order chi connectivity index (χ1) is 6.16. The fourth-order valence-electron chi connectivity index (χ4n) is 2.08. The van der Waals surface area contributed by atoms with Crippen LogP contribution in [0.2, 0.25) is 0 Å². The summed E-state index contributed by atoms with van der Waals surface area (Å²) in [6.07, 6.45) is 5.64. The maximum Gasteiger partial charge on any atom is 0.00982 e. The highest BCUT2D eigenvalue weighted by atomic mass is 15.2. The molecule has 1 heteroatoms. The van der Waals surface area contributed by atoms with Gasteiger partial charge >= 0.3 is 0 Å². The van der Waals surface area contributed by atoms with E-state index in [2.05, 4.69) is 32.6 Å². The Balaban J connectivity index is 2.44. The van der Waals surface area contributed by atoms with E-state index in [1.165, 1.54) is 32.2 Å². The molecule has 0 spiro atoms. The molecule has 0 aromatic rings. The molecule has 1 aliphatic carbocycles. The van der Waals surface area contributed by atoms with E-state index in [1.807, 2.05) is 0 Å². The molecular weight excluding hydrogens is 158 g/mol. The van der Waals surface area contributed by atoms with Gasteiger partial charge in [0.2, 0.25) is 0 Å². The van der Waals surface area contributed by atoms with E-state index in [0.29, 0.717) is 0 Å². The number of hydrogen-bond donors (Lipinski definition) is 0. The highest BCUT2D eigenvalue weighted by Crippen LogP contribution is 2.28. The van der Waals surface area contributed by atoms with Crippen molar-refractivity contribution in [3.63, 3.8) is 0 Å². The average molecular weight is 183 g/mol. The lowest BCUT2D eigenvalue weighted by atomic mass is 9.88. The van der Waals surface area contributed by atoms with Crippen molar-refractivity contribution >= 4 is 0 Å². The highest BCUT2D eigenvalue weighted by Gasteiger charge is 2.28. The predicted octanol–water partition coefficient (Wildman–Crippen LogP) is 3.30. The fraction of sp³-hybridized carbons (Fsp3) is 1.00. The van der Waals surface area contributed by atoms with Gasteiger partial charge in [0.25, 0.3) is 0 Å². The minimum Gasteiger partial charge on any atom is -0.297 e. The summed E-state index contributed by atoms with van der Waals surface area (Å²) in [7, 11) is 0. The van der Waals surface area contributed by atoms with E-state index >= 15 is 0 Å². The molecule has 1 rings (SSSR count). The number of rotatable bonds is 5. The topological polar surface area (TPSA) is 3.24 Å². The molecule has 0 bridgehead atoms. The van der Waals surface area contributed by atoms with Gasteiger partial charge < -0.3 is 0 Å². The van der Waals surface area contributed by atoms with Gasteiger partial charge in [-0.15, -0.1) is 0 Å². The first-order valence-corrected chi connectivity index (χ1v) is 5.92. The molecular formula is C12H25N. The van der Waals surface area contributed by atoms with Crippen LogP contribution in [0.3, 0.4) is 0 Å². The van der Waals surface area contributed by atoms with E-state index in [1.54, 1.807) is 0 Å². The molecule has 1 saturated carbocycles. The van der Waals surface area contributed by atoms with Gasteiger partial charge in [-0.3, -0.25) is 4.90 Å². The highest BCUT2D eigenvalue weighted by molar-refractivity contribution is 4.84. The van der Waals surface area contributed by atoms with Crippen LogP contribution in [0.1, 0.15) is 53.4 Å². The lowest BCUT2D eigenvalue weighted by Crippen LogP contribution is -2.47. The Labute approximate surface area is 83.5 Å². The monoisotopic (exact) mass is 183 g/mol. The minimum atomic E-state index is 0.769. The summed E-state index contributed by atoms with van der Waals surface area (Å²) in [5.41, 5.74) is 0. The minimum absolute atomic E-state index is 0.769. The van der Waals surface area contributed by atoms with E-state index in [-0.39, 0.29) is 0 Å².